The Balaban J connectivity index is 1.11. The molecule has 1 aliphatic carbocycles. The summed E-state index contributed by atoms with van der Waals surface area (Å²) in [6.07, 6.45) is 9.46. The van der Waals surface area contributed by atoms with Crippen molar-refractivity contribution in [1.29, 1.82) is 0 Å². The Hall–Kier alpha value is -4.02. The summed E-state index contributed by atoms with van der Waals surface area (Å²) in [5.41, 5.74) is 11.3. The third-order valence-corrected chi connectivity index (χ3v) is 7.83. The molecule has 5 aromatic rings. The average Bonchev–Trinajstić information content (AvgIpc) is 3.57. The van der Waals surface area contributed by atoms with Gasteiger partial charge in [0.15, 0.2) is 11.5 Å². The molecule has 2 bridgehead atoms. The Morgan fingerprint density at radius 3 is 2.59 bits per heavy atom. The van der Waals surface area contributed by atoms with Gasteiger partial charge in [0.05, 0.1) is 0 Å². The van der Waals surface area contributed by atoms with Crippen LogP contribution in [0.5, 0.6) is 11.5 Å². The molecule has 0 amide bonds. The summed E-state index contributed by atoms with van der Waals surface area (Å²) in [6.45, 7) is 5.04. The van der Waals surface area contributed by atoms with Crippen molar-refractivity contribution in [3.63, 3.8) is 0 Å². The van der Waals surface area contributed by atoms with Crippen LogP contribution in [-0.2, 0) is 6.54 Å². The molecule has 7 rings (SSSR count). The van der Waals surface area contributed by atoms with Crippen LogP contribution in [0.15, 0.2) is 61.4 Å². The molecule has 1 saturated heterocycles. The second kappa shape index (κ2) is 8.82. The number of ether oxygens (including phenoxy) is 1. The van der Waals surface area contributed by atoms with E-state index in [4.69, 9.17) is 10.5 Å². The first-order valence-electron chi connectivity index (χ1n) is 12.7. The molecule has 4 aromatic heterocycles. The van der Waals surface area contributed by atoms with Gasteiger partial charge in [-0.15, -0.1) is 0 Å². The van der Waals surface area contributed by atoms with E-state index >= 15 is 0 Å². The standard InChI is InChI=1S/C27H29N9O/c1-17-10-21(4-5-23(17)37-22-7-9-35-24(11-22)29-15-31-35)33-27-26-20(6-8-36(26)32-16-30-27)14-34-12-18-2-3-19(13-34)25(18)28/h4-11,15-16,18-19,25H,2-3,12-14,28H2,1H3,(H,30,32,33)/t18-,19+,25?. The van der Waals surface area contributed by atoms with E-state index in [-0.39, 0.29) is 0 Å². The zero-order valence-corrected chi connectivity index (χ0v) is 20.7. The van der Waals surface area contributed by atoms with Crippen LogP contribution in [-0.4, -0.2) is 53.2 Å². The highest BCUT2D eigenvalue weighted by molar-refractivity contribution is 5.76. The van der Waals surface area contributed by atoms with Gasteiger partial charge in [-0.25, -0.2) is 19.0 Å². The van der Waals surface area contributed by atoms with Crippen molar-refractivity contribution in [2.75, 3.05) is 18.4 Å². The van der Waals surface area contributed by atoms with Crippen LogP contribution < -0.4 is 15.8 Å². The van der Waals surface area contributed by atoms with Crippen molar-refractivity contribution in [1.82, 2.24) is 34.1 Å². The van der Waals surface area contributed by atoms with Crippen molar-refractivity contribution in [2.24, 2.45) is 17.6 Å². The van der Waals surface area contributed by atoms with E-state index in [2.05, 4.69) is 42.5 Å². The van der Waals surface area contributed by atoms with Gasteiger partial charge < -0.3 is 15.8 Å². The van der Waals surface area contributed by atoms with E-state index in [1.54, 1.807) is 10.8 Å². The van der Waals surface area contributed by atoms with Gasteiger partial charge in [-0.05, 0) is 73.1 Å². The Morgan fingerprint density at radius 1 is 0.973 bits per heavy atom. The van der Waals surface area contributed by atoms with Crippen molar-refractivity contribution < 1.29 is 4.74 Å². The lowest BCUT2D eigenvalue weighted by molar-refractivity contribution is 0.141. The average molecular weight is 496 g/mol. The van der Waals surface area contributed by atoms with Crippen LogP contribution in [0, 0.1) is 18.8 Å². The molecule has 3 N–H and O–H groups in total. The molecule has 3 atom stereocenters. The van der Waals surface area contributed by atoms with Crippen molar-refractivity contribution in [2.45, 2.75) is 32.4 Å². The fourth-order valence-electron chi connectivity index (χ4n) is 5.93. The summed E-state index contributed by atoms with van der Waals surface area (Å²) >= 11 is 0. The minimum atomic E-state index is 0.364. The molecule has 10 nitrogen and oxygen atoms in total. The van der Waals surface area contributed by atoms with Gasteiger partial charge in [0.1, 0.15) is 29.7 Å². The predicted octanol–water partition coefficient (Wildman–Crippen LogP) is 3.79. The largest absolute Gasteiger partial charge is 0.457 e. The number of nitrogens with zero attached hydrogens (tertiary/aromatic N) is 7. The van der Waals surface area contributed by atoms with Crippen LogP contribution in [0.4, 0.5) is 11.5 Å². The number of rotatable bonds is 6. The van der Waals surface area contributed by atoms with Crippen molar-refractivity contribution >= 4 is 22.7 Å². The number of likely N-dealkylation sites (tertiary alicyclic amines) is 1. The first kappa shape index (κ1) is 22.2. The minimum absolute atomic E-state index is 0.364. The van der Waals surface area contributed by atoms with E-state index in [1.807, 2.05) is 48.1 Å². The zero-order chi connectivity index (χ0) is 24.9. The smallest absolute Gasteiger partial charge is 0.158 e. The Labute approximate surface area is 214 Å². The summed E-state index contributed by atoms with van der Waals surface area (Å²) in [4.78, 5) is 11.4. The number of benzene rings is 1. The molecule has 10 heteroatoms. The number of hydrogen-bond donors (Lipinski definition) is 2. The first-order chi connectivity index (χ1) is 18.1. The molecular weight excluding hydrogens is 466 g/mol. The molecule has 2 aliphatic rings. The van der Waals surface area contributed by atoms with Gasteiger partial charge in [-0.3, -0.25) is 4.90 Å². The summed E-state index contributed by atoms with van der Waals surface area (Å²) in [5.74, 6) is 3.51. The highest BCUT2D eigenvalue weighted by atomic mass is 16.5. The molecule has 1 saturated carbocycles. The Bertz CT molecular complexity index is 1580. The third kappa shape index (κ3) is 4.08. The third-order valence-electron chi connectivity index (χ3n) is 7.83. The van der Waals surface area contributed by atoms with Gasteiger partial charge in [-0.2, -0.15) is 10.2 Å². The number of fused-ring (bicyclic) bond motifs is 4. The molecule has 188 valence electrons. The first-order valence-corrected chi connectivity index (χ1v) is 12.7. The monoisotopic (exact) mass is 495 g/mol. The van der Waals surface area contributed by atoms with Crippen molar-refractivity contribution in [3.05, 3.63) is 72.6 Å². The second-order valence-electron chi connectivity index (χ2n) is 10.2. The lowest BCUT2D eigenvalue weighted by Gasteiger charge is -2.36. The molecule has 0 radical (unpaired) electrons. The number of anilines is 2. The number of aromatic nitrogens is 6. The van der Waals surface area contributed by atoms with Crippen LogP contribution in [0.25, 0.3) is 11.2 Å². The molecule has 0 spiro atoms. The molecule has 1 aromatic carbocycles. The van der Waals surface area contributed by atoms with E-state index in [0.717, 1.165) is 53.6 Å². The lowest BCUT2D eigenvalue weighted by Crippen LogP contribution is -2.48. The van der Waals surface area contributed by atoms with E-state index in [9.17, 15) is 0 Å². The summed E-state index contributed by atoms with van der Waals surface area (Å²) < 4.78 is 9.74. The maximum Gasteiger partial charge on any atom is 0.158 e. The summed E-state index contributed by atoms with van der Waals surface area (Å²) in [7, 11) is 0. The molecule has 1 unspecified atom stereocenters. The number of piperidine rings is 1. The highest BCUT2D eigenvalue weighted by Gasteiger charge is 2.39. The van der Waals surface area contributed by atoms with Crippen LogP contribution in [0.3, 0.4) is 0 Å². The van der Waals surface area contributed by atoms with E-state index in [1.165, 1.54) is 24.7 Å². The van der Waals surface area contributed by atoms with Crippen LogP contribution >= 0.6 is 0 Å². The Morgan fingerprint density at radius 2 is 1.76 bits per heavy atom. The number of nitrogens with one attached hydrogen (secondary N) is 1. The summed E-state index contributed by atoms with van der Waals surface area (Å²) in [6, 6.07) is 12.3. The highest BCUT2D eigenvalue weighted by Crippen LogP contribution is 2.37. The fourth-order valence-corrected chi connectivity index (χ4v) is 5.93. The quantitative estimate of drug-likeness (QED) is 0.366. The predicted molar refractivity (Wildman–Crippen MR) is 140 cm³/mol. The second-order valence-corrected chi connectivity index (χ2v) is 10.2. The summed E-state index contributed by atoms with van der Waals surface area (Å²) in [5, 5.41) is 12.1. The van der Waals surface area contributed by atoms with Crippen LogP contribution in [0.2, 0.25) is 0 Å². The fraction of sp³-hybridized carbons (Fsp3) is 0.333. The van der Waals surface area contributed by atoms with Crippen LogP contribution in [0.1, 0.15) is 24.0 Å². The molecule has 1 aliphatic heterocycles. The minimum Gasteiger partial charge on any atom is -0.457 e. The maximum atomic E-state index is 6.43. The lowest BCUT2D eigenvalue weighted by atomic mass is 9.93. The molecular formula is C27H29N9O. The van der Waals surface area contributed by atoms with Gasteiger partial charge >= 0.3 is 0 Å². The van der Waals surface area contributed by atoms with Gasteiger partial charge in [0, 0.05) is 49.8 Å². The number of nitrogens with two attached hydrogens (primary N) is 1. The zero-order valence-electron chi connectivity index (χ0n) is 20.7. The normalized spacial score (nSPS) is 21.6. The van der Waals surface area contributed by atoms with Gasteiger partial charge in [0.25, 0.3) is 0 Å². The number of hydrogen-bond acceptors (Lipinski definition) is 8. The topological polar surface area (TPSA) is 111 Å². The number of pyridine rings is 1. The van der Waals surface area contributed by atoms with E-state index < -0.39 is 0 Å². The van der Waals surface area contributed by atoms with Gasteiger partial charge in [-0.1, -0.05) is 0 Å². The van der Waals surface area contributed by atoms with Gasteiger partial charge in [0.2, 0.25) is 0 Å². The van der Waals surface area contributed by atoms with Crippen molar-refractivity contribution in [3.8, 4) is 11.5 Å². The molecule has 2 fully saturated rings. The maximum absolute atomic E-state index is 6.43. The molecule has 37 heavy (non-hydrogen) atoms. The molecule has 5 heterocycles. The number of aryl methyl sites for hydroxylation is 1. The van der Waals surface area contributed by atoms with E-state index in [0.29, 0.717) is 23.6 Å². The SMILES string of the molecule is Cc1cc(Nc2ncnn3ccc(CN4C[C@H]5CC[C@@H](C4)C5N)c23)ccc1Oc1ccn2ncnc2c1. The Kier molecular flexibility index (Phi) is 5.29.